The van der Waals surface area contributed by atoms with Gasteiger partial charge in [0.2, 0.25) is 0 Å². The molecule has 1 aliphatic rings. The molecule has 2 atom stereocenters. The molecule has 0 aromatic carbocycles. The zero-order chi connectivity index (χ0) is 11.6. The normalized spacial score (nSPS) is 22.2. The van der Waals surface area contributed by atoms with Crippen LogP contribution in [0.25, 0.3) is 0 Å². The van der Waals surface area contributed by atoms with Gasteiger partial charge >= 0.3 is 0 Å². The highest BCUT2D eigenvalue weighted by Crippen LogP contribution is 2.17. The molecule has 0 amide bonds. The van der Waals surface area contributed by atoms with Gasteiger partial charge in [-0.15, -0.1) is 0 Å². The highest BCUT2D eigenvalue weighted by molar-refractivity contribution is 6.22. The van der Waals surface area contributed by atoms with Crippen LogP contribution in [0.15, 0.2) is 0 Å². The zero-order valence-electron chi connectivity index (χ0n) is 10.2. The van der Waals surface area contributed by atoms with Crippen LogP contribution in [-0.2, 0) is 9.47 Å². The average Bonchev–Trinajstić information content (AvgIpc) is 2.31. The van der Waals surface area contributed by atoms with Crippen molar-refractivity contribution in [3.63, 3.8) is 0 Å². The van der Waals surface area contributed by atoms with Gasteiger partial charge < -0.3 is 9.47 Å². The highest BCUT2D eigenvalue weighted by atomic mass is 27.0. The van der Waals surface area contributed by atoms with Crippen molar-refractivity contribution < 1.29 is 9.47 Å². The van der Waals surface area contributed by atoms with E-state index in [2.05, 4.69) is 33.9 Å². The second-order valence-electron chi connectivity index (χ2n) is 4.21. The van der Waals surface area contributed by atoms with Crippen molar-refractivity contribution in [3.05, 3.63) is 0 Å². The monoisotopic (exact) mass is 236 g/mol. The maximum atomic E-state index is 5.87. The summed E-state index contributed by atoms with van der Waals surface area (Å²) < 4.78 is 11.4. The van der Waals surface area contributed by atoms with Crippen molar-refractivity contribution in [2.45, 2.75) is 64.3 Å². The first kappa shape index (κ1) is 14.1. The fraction of sp³-hybridized carbons (Fsp3) is 0.846. The number of ether oxygens (including phenoxy) is 2. The van der Waals surface area contributed by atoms with E-state index < -0.39 is 0 Å². The van der Waals surface area contributed by atoms with Crippen LogP contribution in [0, 0.1) is 10.7 Å². The summed E-state index contributed by atoms with van der Waals surface area (Å²) in [6.45, 7) is 3.04. The molecule has 16 heavy (non-hydrogen) atoms. The molecule has 88 valence electrons. The van der Waals surface area contributed by atoms with Crippen LogP contribution in [0.2, 0.25) is 0 Å². The lowest BCUT2D eigenvalue weighted by Crippen LogP contribution is -2.27. The zero-order valence-corrected chi connectivity index (χ0v) is 11.4. The number of hydrogen-bond donors (Lipinski definition) is 0. The first-order valence-corrected chi connectivity index (χ1v) is 6.92. The van der Waals surface area contributed by atoms with Gasteiger partial charge in [0.1, 0.15) is 6.10 Å². The summed E-state index contributed by atoms with van der Waals surface area (Å²) in [5, 5.41) is 0. The Morgan fingerprint density at radius 3 is 2.94 bits per heavy atom. The molecule has 1 aliphatic heterocycles. The van der Waals surface area contributed by atoms with Gasteiger partial charge in [0, 0.05) is 6.61 Å². The molecular formula is C13H21AlO2. The average molecular weight is 236 g/mol. The lowest BCUT2D eigenvalue weighted by Gasteiger charge is -2.25. The van der Waals surface area contributed by atoms with E-state index in [0.29, 0.717) is 0 Å². The molecular weight excluding hydrogens is 215 g/mol. The molecule has 1 heterocycles. The van der Waals surface area contributed by atoms with Gasteiger partial charge in [-0.1, -0.05) is 25.7 Å². The van der Waals surface area contributed by atoms with Crippen molar-refractivity contribution in [1.29, 1.82) is 0 Å². The molecule has 0 spiro atoms. The lowest BCUT2D eigenvalue weighted by molar-refractivity contribution is -0.177. The Hall–Kier alpha value is 0.0125. The SMILES string of the molecule is CCCCCC(C#[C][Al])OC1CCCCO1. The van der Waals surface area contributed by atoms with E-state index in [-0.39, 0.29) is 12.4 Å². The Balaban J connectivity index is 2.27. The largest absolute Gasteiger partial charge is 0.353 e. The molecule has 1 rings (SSSR count). The summed E-state index contributed by atoms with van der Waals surface area (Å²) in [5.41, 5.74) is 0. The van der Waals surface area contributed by atoms with Gasteiger partial charge in [0.05, 0.1) is 0 Å². The van der Waals surface area contributed by atoms with Crippen LogP contribution in [-0.4, -0.2) is 35.3 Å². The van der Waals surface area contributed by atoms with Crippen molar-refractivity contribution in [3.8, 4) is 10.7 Å². The minimum Gasteiger partial charge on any atom is -0.353 e. The summed E-state index contributed by atoms with van der Waals surface area (Å²) in [6, 6.07) is 0. The summed E-state index contributed by atoms with van der Waals surface area (Å²) in [4.78, 5) is 2.87. The van der Waals surface area contributed by atoms with E-state index in [0.717, 1.165) is 25.9 Å². The number of hydrogen-bond acceptors (Lipinski definition) is 2. The smallest absolute Gasteiger partial charge is 0.263 e. The Morgan fingerprint density at radius 1 is 1.44 bits per heavy atom. The van der Waals surface area contributed by atoms with Crippen LogP contribution < -0.4 is 0 Å². The van der Waals surface area contributed by atoms with E-state index >= 15 is 0 Å². The molecule has 0 aromatic rings. The Morgan fingerprint density at radius 2 is 2.31 bits per heavy atom. The topological polar surface area (TPSA) is 18.5 Å². The summed E-state index contributed by atoms with van der Waals surface area (Å²) in [5.74, 6) is 3.10. The second-order valence-corrected chi connectivity index (χ2v) is 4.49. The Labute approximate surface area is 108 Å². The maximum absolute atomic E-state index is 5.87. The minimum atomic E-state index is -0.0220. The van der Waals surface area contributed by atoms with E-state index in [1.807, 2.05) is 0 Å². The van der Waals surface area contributed by atoms with Crippen LogP contribution in [0.5, 0.6) is 0 Å². The van der Waals surface area contributed by atoms with Gasteiger partial charge in [0.25, 0.3) is 16.3 Å². The number of unbranched alkanes of at least 4 members (excludes halogenated alkanes) is 2. The first-order chi connectivity index (χ1) is 7.86. The molecule has 0 N–H and O–H groups in total. The third kappa shape index (κ3) is 5.92. The molecule has 0 saturated carbocycles. The van der Waals surface area contributed by atoms with Gasteiger partial charge in [0.15, 0.2) is 6.29 Å². The maximum Gasteiger partial charge on any atom is 0.263 e. The van der Waals surface area contributed by atoms with Crippen molar-refractivity contribution >= 4 is 16.3 Å². The Bertz CT molecular complexity index is 226. The molecule has 0 bridgehead atoms. The predicted octanol–water partition coefficient (Wildman–Crippen LogP) is 2.61. The van der Waals surface area contributed by atoms with E-state index in [4.69, 9.17) is 9.47 Å². The fourth-order valence-corrected chi connectivity index (χ4v) is 2.03. The summed E-state index contributed by atoms with van der Waals surface area (Å²) in [6.07, 6.45) is 8.12. The van der Waals surface area contributed by atoms with Gasteiger partial charge in [-0.2, -0.15) is 0 Å². The van der Waals surface area contributed by atoms with Crippen molar-refractivity contribution in [1.82, 2.24) is 0 Å². The standard InChI is InChI=1S/C13H21O2.Al/c1-3-5-6-9-12(4-2)15-13-10-7-8-11-14-13;/h12-13H,3,5-11H2,1H3;. The minimum absolute atomic E-state index is 0.0220. The van der Waals surface area contributed by atoms with Crippen LogP contribution >= 0.6 is 0 Å². The van der Waals surface area contributed by atoms with E-state index in [1.54, 1.807) is 0 Å². The summed E-state index contributed by atoms with van der Waals surface area (Å²) >= 11 is 2.44. The van der Waals surface area contributed by atoms with Gasteiger partial charge in [-0.05, 0) is 32.1 Å². The first-order valence-electron chi connectivity index (χ1n) is 6.35. The molecule has 2 radical (unpaired) electrons. The second kappa shape index (κ2) is 9.09. The Kier molecular flexibility index (Phi) is 7.99. The number of rotatable bonds is 6. The molecule has 2 nitrogen and oxygen atoms in total. The third-order valence-electron chi connectivity index (χ3n) is 2.77. The quantitative estimate of drug-likeness (QED) is 0.401. The highest BCUT2D eigenvalue weighted by Gasteiger charge is 2.17. The molecule has 1 saturated heterocycles. The lowest BCUT2D eigenvalue weighted by atomic mass is 10.1. The van der Waals surface area contributed by atoms with E-state index in [9.17, 15) is 0 Å². The van der Waals surface area contributed by atoms with Crippen LogP contribution in [0.1, 0.15) is 51.9 Å². The molecule has 3 heteroatoms. The van der Waals surface area contributed by atoms with Crippen molar-refractivity contribution in [2.75, 3.05) is 6.61 Å². The van der Waals surface area contributed by atoms with E-state index in [1.165, 1.54) is 25.7 Å². The third-order valence-corrected chi connectivity index (χ3v) is 2.93. The molecule has 0 aromatic heterocycles. The van der Waals surface area contributed by atoms with Crippen LogP contribution in [0.3, 0.4) is 0 Å². The molecule has 2 unspecified atom stereocenters. The van der Waals surface area contributed by atoms with Gasteiger partial charge in [-0.25, -0.2) is 4.78 Å². The van der Waals surface area contributed by atoms with Gasteiger partial charge in [-0.3, -0.25) is 0 Å². The van der Waals surface area contributed by atoms with Crippen molar-refractivity contribution in [2.24, 2.45) is 0 Å². The fourth-order valence-electron chi connectivity index (χ4n) is 1.85. The van der Waals surface area contributed by atoms with Crippen LogP contribution in [0.4, 0.5) is 0 Å². The summed E-state index contributed by atoms with van der Waals surface area (Å²) in [7, 11) is 0. The molecule has 0 aliphatic carbocycles. The predicted molar refractivity (Wildman–Crippen MR) is 66.1 cm³/mol. The molecule has 1 fully saturated rings.